The first-order valence-electron chi connectivity index (χ1n) is 5.48. The molecule has 0 spiro atoms. The third-order valence-electron chi connectivity index (χ3n) is 2.44. The fraction of sp³-hybridized carbons (Fsp3) is 0.500. The van der Waals surface area contributed by atoms with E-state index >= 15 is 0 Å². The Labute approximate surface area is 102 Å². The number of ether oxygens (including phenoxy) is 3. The molecule has 1 aromatic rings. The van der Waals surface area contributed by atoms with Gasteiger partial charge in [-0.15, -0.1) is 0 Å². The van der Waals surface area contributed by atoms with Crippen LogP contribution in [0, 0.1) is 0 Å². The lowest BCUT2D eigenvalue weighted by atomic mass is 10.1. The molecule has 1 atom stereocenters. The third-order valence-corrected chi connectivity index (χ3v) is 2.44. The highest BCUT2D eigenvalue weighted by Gasteiger charge is 2.09. The van der Waals surface area contributed by atoms with Gasteiger partial charge in [0.1, 0.15) is 5.75 Å². The monoisotopic (exact) mass is 240 g/mol. The van der Waals surface area contributed by atoms with Crippen molar-refractivity contribution in [2.75, 3.05) is 34.0 Å². The van der Waals surface area contributed by atoms with E-state index in [0.29, 0.717) is 19.8 Å². The maximum absolute atomic E-state index is 5.50. The highest BCUT2D eigenvalue weighted by Crippen LogP contribution is 2.17. The molecule has 1 rings (SSSR count). The zero-order chi connectivity index (χ0) is 12.5. The summed E-state index contributed by atoms with van der Waals surface area (Å²) < 4.78 is 15.4. The quantitative estimate of drug-likeness (QED) is 0.401. The van der Waals surface area contributed by atoms with Crippen LogP contribution in [0.3, 0.4) is 0 Å². The molecule has 1 unspecified atom stereocenters. The summed E-state index contributed by atoms with van der Waals surface area (Å²) in [4.78, 5) is 0. The van der Waals surface area contributed by atoms with Gasteiger partial charge in [-0.2, -0.15) is 0 Å². The first-order chi connectivity index (χ1) is 8.31. The number of benzene rings is 1. The van der Waals surface area contributed by atoms with Gasteiger partial charge < -0.3 is 14.2 Å². The van der Waals surface area contributed by atoms with Crippen molar-refractivity contribution in [3.05, 3.63) is 29.8 Å². The molecule has 0 aliphatic carbocycles. The Morgan fingerprint density at radius 2 is 1.88 bits per heavy atom. The van der Waals surface area contributed by atoms with Crippen molar-refractivity contribution in [1.82, 2.24) is 5.43 Å². The zero-order valence-corrected chi connectivity index (χ0v) is 10.3. The van der Waals surface area contributed by atoms with Crippen molar-refractivity contribution in [3.63, 3.8) is 0 Å². The van der Waals surface area contributed by atoms with E-state index in [1.807, 2.05) is 24.3 Å². The van der Waals surface area contributed by atoms with Crippen LogP contribution in [0.2, 0.25) is 0 Å². The van der Waals surface area contributed by atoms with Crippen LogP contribution >= 0.6 is 0 Å². The fourth-order valence-corrected chi connectivity index (χ4v) is 1.42. The lowest BCUT2D eigenvalue weighted by Crippen LogP contribution is -2.31. The normalized spacial score (nSPS) is 12.4. The Morgan fingerprint density at radius 1 is 1.18 bits per heavy atom. The maximum atomic E-state index is 5.50. The Kier molecular flexibility index (Phi) is 6.57. The molecule has 0 aliphatic rings. The van der Waals surface area contributed by atoms with Crippen LogP contribution in [-0.2, 0) is 9.47 Å². The van der Waals surface area contributed by atoms with Crippen LogP contribution in [0.25, 0.3) is 0 Å². The molecule has 0 bridgehead atoms. The number of rotatable bonds is 8. The van der Waals surface area contributed by atoms with Crippen LogP contribution < -0.4 is 16.0 Å². The van der Waals surface area contributed by atoms with Crippen molar-refractivity contribution >= 4 is 0 Å². The second-order valence-electron chi connectivity index (χ2n) is 3.56. The molecular formula is C12H20N2O3. The number of hydrogen-bond donors (Lipinski definition) is 2. The Bertz CT molecular complexity index is 303. The molecule has 0 fully saturated rings. The molecule has 96 valence electrons. The zero-order valence-electron chi connectivity index (χ0n) is 10.3. The summed E-state index contributed by atoms with van der Waals surface area (Å²) in [5, 5.41) is 0. The molecule has 0 heterocycles. The van der Waals surface area contributed by atoms with Gasteiger partial charge in [0.25, 0.3) is 0 Å². The summed E-state index contributed by atoms with van der Waals surface area (Å²) in [6, 6.07) is 7.69. The molecule has 5 nitrogen and oxygen atoms in total. The SMILES string of the molecule is COCCOCC(NN)c1ccc(OC)cc1. The number of nitrogens with two attached hydrogens (primary N) is 1. The van der Waals surface area contributed by atoms with Crippen molar-refractivity contribution in [3.8, 4) is 5.75 Å². The van der Waals surface area contributed by atoms with E-state index in [9.17, 15) is 0 Å². The van der Waals surface area contributed by atoms with Gasteiger partial charge in [-0.05, 0) is 17.7 Å². The molecule has 3 N–H and O–H groups in total. The summed E-state index contributed by atoms with van der Waals surface area (Å²) >= 11 is 0. The van der Waals surface area contributed by atoms with Gasteiger partial charge in [-0.25, -0.2) is 0 Å². The molecule has 17 heavy (non-hydrogen) atoms. The van der Waals surface area contributed by atoms with Crippen molar-refractivity contribution < 1.29 is 14.2 Å². The van der Waals surface area contributed by atoms with E-state index < -0.39 is 0 Å². The minimum Gasteiger partial charge on any atom is -0.497 e. The Hall–Kier alpha value is -1.14. The van der Waals surface area contributed by atoms with E-state index in [4.69, 9.17) is 20.1 Å². The molecule has 0 saturated heterocycles. The van der Waals surface area contributed by atoms with E-state index in [2.05, 4.69) is 5.43 Å². The number of hydrazine groups is 1. The van der Waals surface area contributed by atoms with Gasteiger partial charge in [0.2, 0.25) is 0 Å². The first kappa shape index (κ1) is 13.9. The summed E-state index contributed by atoms with van der Waals surface area (Å²) in [5.41, 5.74) is 3.79. The van der Waals surface area contributed by atoms with Crippen LogP contribution in [0.15, 0.2) is 24.3 Å². The fourth-order valence-electron chi connectivity index (χ4n) is 1.42. The van der Waals surface area contributed by atoms with Crippen LogP contribution in [0.1, 0.15) is 11.6 Å². The maximum Gasteiger partial charge on any atom is 0.118 e. The number of nitrogens with one attached hydrogen (secondary N) is 1. The predicted molar refractivity (Wildman–Crippen MR) is 65.8 cm³/mol. The third kappa shape index (κ3) is 4.70. The van der Waals surface area contributed by atoms with Gasteiger partial charge in [-0.3, -0.25) is 11.3 Å². The molecule has 1 aromatic carbocycles. The lowest BCUT2D eigenvalue weighted by molar-refractivity contribution is 0.0586. The van der Waals surface area contributed by atoms with E-state index in [0.717, 1.165) is 11.3 Å². The summed E-state index contributed by atoms with van der Waals surface area (Å²) in [6.45, 7) is 1.65. The molecule has 5 heteroatoms. The van der Waals surface area contributed by atoms with Gasteiger partial charge in [-0.1, -0.05) is 12.1 Å². The average Bonchev–Trinajstić information content (AvgIpc) is 2.39. The standard InChI is InChI=1S/C12H20N2O3/c1-15-7-8-17-9-12(14-13)10-3-5-11(16-2)6-4-10/h3-6,12,14H,7-9,13H2,1-2H3. The minimum atomic E-state index is -0.0298. The minimum absolute atomic E-state index is 0.0298. The largest absolute Gasteiger partial charge is 0.497 e. The average molecular weight is 240 g/mol. The lowest BCUT2D eigenvalue weighted by Gasteiger charge is -2.16. The van der Waals surface area contributed by atoms with Gasteiger partial charge in [0, 0.05) is 7.11 Å². The summed E-state index contributed by atoms with van der Waals surface area (Å²) in [5.74, 6) is 6.32. The molecule has 0 saturated carbocycles. The van der Waals surface area contributed by atoms with Gasteiger partial charge in [0.15, 0.2) is 0 Å². The van der Waals surface area contributed by atoms with E-state index in [1.165, 1.54) is 0 Å². The van der Waals surface area contributed by atoms with E-state index in [1.54, 1.807) is 14.2 Å². The molecule has 0 aromatic heterocycles. The highest BCUT2D eigenvalue weighted by atomic mass is 16.5. The summed E-state index contributed by atoms with van der Waals surface area (Å²) in [7, 11) is 3.28. The first-order valence-corrected chi connectivity index (χ1v) is 5.48. The smallest absolute Gasteiger partial charge is 0.118 e. The highest BCUT2D eigenvalue weighted by molar-refractivity contribution is 5.29. The second kappa shape index (κ2) is 8.03. The van der Waals surface area contributed by atoms with Crippen molar-refractivity contribution in [1.29, 1.82) is 0 Å². The number of methoxy groups -OCH3 is 2. The van der Waals surface area contributed by atoms with Crippen molar-refractivity contribution in [2.24, 2.45) is 5.84 Å². The van der Waals surface area contributed by atoms with Gasteiger partial charge in [0.05, 0.1) is 33.0 Å². The molecule has 0 aliphatic heterocycles. The predicted octanol–water partition coefficient (Wildman–Crippen LogP) is 0.863. The Morgan fingerprint density at radius 3 is 2.41 bits per heavy atom. The van der Waals surface area contributed by atoms with Crippen LogP contribution in [-0.4, -0.2) is 34.0 Å². The Balaban J connectivity index is 2.47. The number of hydrogen-bond acceptors (Lipinski definition) is 5. The second-order valence-corrected chi connectivity index (χ2v) is 3.56. The molecule has 0 amide bonds. The molecule has 0 radical (unpaired) electrons. The van der Waals surface area contributed by atoms with E-state index in [-0.39, 0.29) is 6.04 Å². The van der Waals surface area contributed by atoms with Gasteiger partial charge >= 0.3 is 0 Å². The topological polar surface area (TPSA) is 65.7 Å². The van der Waals surface area contributed by atoms with Crippen molar-refractivity contribution in [2.45, 2.75) is 6.04 Å². The summed E-state index contributed by atoms with van der Waals surface area (Å²) in [6.07, 6.45) is 0. The van der Waals surface area contributed by atoms with Crippen LogP contribution in [0.4, 0.5) is 0 Å². The van der Waals surface area contributed by atoms with Crippen LogP contribution in [0.5, 0.6) is 5.75 Å². The molecular weight excluding hydrogens is 220 g/mol.